The summed E-state index contributed by atoms with van der Waals surface area (Å²) in [6.07, 6.45) is 2.13. The van der Waals surface area contributed by atoms with Crippen LogP contribution in [-0.4, -0.2) is 35.0 Å². The Balaban J connectivity index is 1.93. The topological polar surface area (TPSA) is 57.6 Å². The van der Waals surface area contributed by atoms with Crippen molar-refractivity contribution in [3.8, 4) is 0 Å². The molecule has 4 heteroatoms. The number of likely N-dealkylation sites (tertiary alicyclic amines) is 1. The van der Waals surface area contributed by atoms with Gasteiger partial charge in [0.15, 0.2) is 0 Å². The van der Waals surface area contributed by atoms with Crippen LogP contribution in [-0.2, 0) is 9.59 Å². The summed E-state index contributed by atoms with van der Waals surface area (Å²) in [7, 11) is 0. The zero-order chi connectivity index (χ0) is 10.3. The Labute approximate surface area is 82.9 Å². The second-order valence-corrected chi connectivity index (χ2v) is 4.43. The van der Waals surface area contributed by atoms with Crippen molar-refractivity contribution >= 4 is 11.9 Å². The number of aliphatic carboxylic acids is 1. The maximum Gasteiger partial charge on any atom is 0.308 e. The molecule has 78 valence electrons. The molecule has 2 aliphatic rings. The molecule has 14 heavy (non-hydrogen) atoms. The zero-order valence-corrected chi connectivity index (χ0v) is 8.27. The van der Waals surface area contributed by atoms with Crippen molar-refractivity contribution in [1.29, 1.82) is 0 Å². The van der Waals surface area contributed by atoms with E-state index in [0.717, 1.165) is 19.4 Å². The summed E-state index contributed by atoms with van der Waals surface area (Å²) in [6, 6.07) is 0. The number of hydrogen-bond acceptors (Lipinski definition) is 2. The van der Waals surface area contributed by atoms with E-state index in [1.54, 1.807) is 11.8 Å². The van der Waals surface area contributed by atoms with Gasteiger partial charge in [0.05, 0.1) is 5.92 Å². The Hall–Kier alpha value is -1.06. The molecule has 0 bridgehead atoms. The van der Waals surface area contributed by atoms with E-state index < -0.39 is 11.9 Å². The fourth-order valence-electron chi connectivity index (χ4n) is 2.29. The van der Waals surface area contributed by atoms with Crippen LogP contribution in [0.1, 0.15) is 19.8 Å². The second-order valence-electron chi connectivity index (χ2n) is 4.43. The highest BCUT2D eigenvalue weighted by Gasteiger charge is 2.46. The zero-order valence-electron chi connectivity index (χ0n) is 8.27. The molecule has 1 heterocycles. The number of nitrogens with zero attached hydrogens (tertiary/aromatic N) is 1. The molecule has 0 radical (unpaired) electrons. The lowest BCUT2D eigenvalue weighted by molar-refractivity contribution is -0.142. The SMILES string of the molecule is CC(CN1CC2CCC2C1=O)C(=O)O. The summed E-state index contributed by atoms with van der Waals surface area (Å²) in [5.41, 5.74) is 0. The molecule has 1 saturated heterocycles. The lowest BCUT2D eigenvalue weighted by Crippen LogP contribution is -2.34. The minimum Gasteiger partial charge on any atom is -0.481 e. The quantitative estimate of drug-likeness (QED) is 0.719. The van der Waals surface area contributed by atoms with Gasteiger partial charge in [0.25, 0.3) is 0 Å². The molecule has 0 aromatic carbocycles. The summed E-state index contributed by atoms with van der Waals surface area (Å²) >= 11 is 0. The number of carboxylic acid groups (broad SMARTS) is 1. The number of carboxylic acids is 1. The van der Waals surface area contributed by atoms with E-state index in [2.05, 4.69) is 0 Å². The van der Waals surface area contributed by atoms with Gasteiger partial charge in [-0.1, -0.05) is 6.92 Å². The van der Waals surface area contributed by atoms with E-state index >= 15 is 0 Å². The van der Waals surface area contributed by atoms with Crippen LogP contribution in [0.15, 0.2) is 0 Å². The van der Waals surface area contributed by atoms with E-state index in [9.17, 15) is 9.59 Å². The Morgan fingerprint density at radius 2 is 2.36 bits per heavy atom. The minimum absolute atomic E-state index is 0.175. The van der Waals surface area contributed by atoms with E-state index in [-0.39, 0.29) is 11.8 Å². The Morgan fingerprint density at radius 3 is 2.71 bits per heavy atom. The van der Waals surface area contributed by atoms with Gasteiger partial charge in [0, 0.05) is 19.0 Å². The highest BCUT2D eigenvalue weighted by Crippen LogP contribution is 2.41. The smallest absolute Gasteiger partial charge is 0.308 e. The summed E-state index contributed by atoms with van der Waals surface area (Å²) in [5, 5.41) is 8.74. The predicted molar refractivity (Wildman–Crippen MR) is 49.6 cm³/mol. The maximum atomic E-state index is 11.7. The van der Waals surface area contributed by atoms with Crippen LogP contribution >= 0.6 is 0 Å². The molecule has 0 aromatic rings. The van der Waals surface area contributed by atoms with Crippen molar-refractivity contribution in [2.24, 2.45) is 17.8 Å². The van der Waals surface area contributed by atoms with Gasteiger partial charge in [0.1, 0.15) is 0 Å². The van der Waals surface area contributed by atoms with Crippen molar-refractivity contribution in [3.63, 3.8) is 0 Å². The highest BCUT2D eigenvalue weighted by atomic mass is 16.4. The fraction of sp³-hybridized carbons (Fsp3) is 0.800. The first-order valence-corrected chi connectivity index (χ1v) is 5.11. The van der Waals surface area contributed by atoms with Gasteiger partial charge in [-0.15, -0.1) is 0 Å². The standard InChI is InChI=1S/C10H15NO3/c1-6(10(13)14)4-11-5-7-2-3-8(7)9(11)12/h6-8H,2-5H2,1H3,(H,13,14). The summed E-state index contributed by atoms with van der Waals surface area (Å²) < 4.78 is 0. The Morgan fingerprint density at radius 1 is 1.64 bits per heavy atom. The fourth-order valence-corrected chi connectivity index (χ4v) is 2.29. The molecular weight excluding hydrogens is 182 g/mol. The lowest BCUT2D eigenvalue weighted by Gasteiger charge is -2.25. The van der Waals surface area contributed by atoms with Gasteiger partial charge in [-0.2, -0.15) is 0 Å². The summed E-state index contributed by atoms with van der Waals surface area (Å²) in [5.74, 6) is -0.359. The van der Waals surface area contributed by atoms with Gasteiger partial charge < -0.3 is 10.0 Å². The Bertz CT molecular complexity index is 277. The molecule has 0 spiro atoms. The van der Waals surface area contributed by atoms with Crippen LogP contribution in [0.3, 0.4) is 0 Å². The molecule has 3 atom stereocenters. The normalized spacial score (nSPS) is 32.4. The third-order valence-corrected chi connectivity index (χ3v) is 3.42. The number of fused-ring (bicyclic) bond motifs is 1. The first-order valence-electron chi connectivity index (χ1n) is 5.11. The third-order valence-electron chi connectivity index (χ3n) is 3.42. The van der Waals surface area contributed by atoms with E-state index in [4.69, 9.17) is 5.11 Å². The van der Waals surface area contributed by atoms with Crippen LogP contribution in [0.5, 0.6) is 0 Å². The lowest BCUT2D eigenvalue weighted by atomic mass is 9.76. The van der Waals surface area contributed by atoms with Crippen molar-refractivity contribution in [2.75, 3.05) is 13.1 Å². The van der Waals surface area contributed by atoms with E-state index in [1.807, 2.05) is 0 Å². The minimum atomic E-state index is -0.822. The van der Waals surface area contributed by atoms with Crippen LogP contribution in [0.4, 0.5) is 0 Å². The van der Waals surface area contributed by atoms with Crippen molar-refractivity contribution in [3.05, 3.63) is 0 Å². The number of carbonyl (C=O) groups is 2. The van der Waals surface area contributed by atoms with E-state index in [0.29, 0.717) is 12.5 Å². The van der Waals surface area contributed by atoms with Crippen LogP contribution in [0.2, 0.25) is 0 Å². The largest absolute Gasteiger partial charge is 0.481 e. The van der Waals surface area contributed by atoms with E-state index in [1.165, 1.54) is 0 Å². The number of rotatable bonds is 3. The number of amides is 1. The molecular formula is C10H15NO3. The Kier molecular flexibility index (Phi) is 2.21. The average Bonchev–Trinajstić information content (AvgIpc) is 2.26. The monoisotopic (exact) mass is 197 g/mol. The summed E-state index contributed by atoms with van der Waals surface area (Å²) in [4.78, 5) is 24.0. The van der Waals surface area contributed by atoms with Gasteiger partial charge in [-0.05, 0) is 18.8 Å². The van der Waals surface area contributed by atoms with Crippen LogP contribution in [0.25, 0.3) is 0 Å². The van der Waals surface area contributed by atoms with Gasteiger partial charge in [0.2, 0.25) is 5.91 Å². The molecule has 1 saturated carbocycles. The van der Waals surface area contributed by atoms with Gasteiger partial charge >= 0.3 is 5.97 Å². The molecule has 2 fully saturated rings. The maximum absolute atomic E-state index is 11.7. The van der Waals surface area contributed by atoms with Gasteiger partial charge in [-0.25, -0.2) is 0 Å². The molecule has 1 amide bonds. The van der Waals surface area contributed by atoms with Gasteiger partial charge in [-0.3, -0.25) is 9.59 Å². The number of hydrogen-bond donors (Lipinski definition) is 1. The molecule has 1 aliphatic heterocycles. The molecule has 1 aliphatic carbocycles. The molecule has 2 rings (SSSR count). The molecule has 4 nitrogen and oxygen atoms in total. The second kappa shape index (κ2) is 3.26. The summed E-state index contributed by atoms with van der Waals surface area (Å²) in [6.45, 7) is 2.80. The van der Waals surface area contributed by atoms with Crippen LogP contribution in [0, 0.1) is 17.8 Å². The predicted octanol–water partition coefficient (Wildman–Crippen LogP) is 0.575. The highest BCUT2D eigenvalue weighted by molar-refractivity contribution is 5.83. The van der Waals surface area contributed by atoms with Crippen molar-refractivity contribution in [2.45, 2.75) is 19.8 Å². The number of carbonyl (C=O) groups excluding carboxylic acids is 1. The van der Waals surface area contributed by atoms with Crippen molar-refractivity contribution < 1.29 is 14.7 Å². The average molecular weight is 197 g/mol. The van der Waals surface area contributed by atoms with Crippen LogP contribution < -0.4 is 0 Å². The molecule has 0 aromatic heterocycles. The first kappa shape index (κ1) is 9.49. The molecule has 1 N–H and O–H groups in total. The van der Waals surface area contributed by atoms with Crippen molar-refractivity contribution in [1.82, 2.24) is 4.90 Å². The first-order chi connectivity index (χ1) is 6.59. The molecule has 3 unspecified atom stereocenters. The third kappa shape index (κ3) is 1.38.